The van der Waals surface area contributed by atoms with Crippen molar-refractivity contribution in [2.75, 3.05) is 5.73 Å². The van der Waals surface area contributed by atoms with Crippen LogP contribution in [-0.2, 0) is 25.8 Å². The molecule has 0 aliphatic rings. The highest BCUT2D eigenvalue weighted by Gasteiger charge is 2.39. The second kappa shape index (κ2) is 9.76. The molecule has 0 bridgehead atoms. The highest BCUT2D eigenvalue weighted by atomic mass is 19.4. The summed E-state index contributed by atoms with van der Waals surface area (Å²) in [7, 11) is 0. The van der Waals surface area contributed by atoms with Gasteiger partial charge in [0.1, 0.15) is 5.82 Å². The highest BCUT2D eigenvalue weighted by Crippen LogP contribution is 2.31. The van der Waals surface area contributed by atoms with E-state index in [1.54, 1.807) is 41.3 Å². The third kappa shape index (κ3) is 5.45. The molecule has 5 aromatic rings. The Kier molecular flexibility index (Phi) is 6.34. The lowest BCUT2D eigenvalue weighted by atomic mass is 10.1. The molecule has 3 aromatic heterocycles. The number of benzene rings is 2. The molecule has 3 heterocycles. The number of hydrogen-bond acceptors (Lipinski definition) is 5. The number of nitrogen functional groups attached to an aromatic ring is 1. The summed E-state index contributed by atoms with van der Waals surface area (Å²) in [5, 5.41) is 12.0. The normalized spacial score (nSPS) is 11.6. The van der Waals surface area contributed by atoms with Crippen molar-refractivity contribution in [3.63, 3.8) is 0 Å². The molecule has 37 heavy (non-hydrogen) atoms. The Bertz CT molecular complexity index is 1540. The molecule has 0 saturated carbocycles. The Hall–Kier alpha value is -4.67. The topological polar surface area (TPSA) is 104 Å². The zero-order valence-corrected chi connectivity index (χ0v) is 19.5. The van der Waals surface area contributed by atoms with Crippen molar-refractivity contribution >= 4 is 22.5 Å². The second-order valence-electron chi connectivity index (χ2n) is 8.54. The number of amides is 1. The molecule has 11 heteroatoms. The summed E-state index contributed by atoms with van der Waals surface area (Å²) < 4.78 is 44.0. The maximum Gasteiger partial charge on any atom is 0.435 e. The molecule has 0 aliphatic carbocycles. The highest BCUT2D eigenvalue weighted by molar-refractivity contribution is 5.95. The predicted molar refractivity (Wildman–Crippen MR) is 131 cm³/mol. The molecule has 0 aliphatic heterocycles. The van der Waals surface area contributed by atoms with Crippen molar-refractivity contribution in [3.8, 4) is 0 Å². The number of pyridine rings is 1. The molecule has 1 amide bonds. The van der Waals surface area contributed by atoms with Crippen molar-refractivity contribution in [1.29, 1.82) is 0 Å². The van der Waals surface area contributed by atoms with Crippen molar-refractivity contribution in [2.45, 2.75) is 25.8 Å². The number of hydrogen-bond donors (Lipinski definition) is 2. The van der Waals surface area contributed by atoms with Gasteiger partial charge in [0.05, 0.1) is 18.7 Å². The van der Waals surface area contributed by atoms with Gasteiger partial charge >= 0.3 is 6.18 Å². The minimum absolute atomic E-state index is 0.0389. The van der Waals surface area contributed by atoms with Gasteiger partial charge in [-0.3, -0.25) is 14.2 Å². The van der Waals surface area contributed by atoms with E-state index < -0.39 is 23.3 Å². The molecule has 2 aromatic carbocycles. The number of aromatic nitrogens is 5. The predicted octanol–water partition coefficient (Wildman–Crippen LogP) is 4.26. The van der Waals surface area contributed by atoms with E-state index in [0.29, 0.717) is 17.9 Å². The van der Waals surface area contributed by atoms with E-state index in [1.807, 2.05) is 36.5 Å². The molecular weight excluding hydrogens is 483 g/mol. The van der Waals surface area contributed by atoms with Crippen molar-refractivity contribution < 1.29 is 18.0 Å². The van der Waals surface area contributed by atoms with Crippen LogP contribution in [0.2, 0.25) is 0 Å². The van der Waals surface area contributed by atoms with Crippen molar-refractivity contribution in [2.24, 2.45) is 0 Å². The van der Waals surface area contributed by atoms with Gasteiger partial charge in [-0.25, -0.2) is 4.98 Å². The number of nitrogens with zero attached hydrogens (tertiary/aromatic N) is 5. The number of nitrogens with one attached hydrogen (secondary N) is 1. The summed E-state index contributed by atoms with van der Waals surface area (Å²) in [4.78, 5) is 16.8. The molecule has 0 unspecified atom stereocenters. The fraction of sp³-hybridized carbons (Fsp3) is 0.154. The molecule has 8 nitrogen and oxygen atoms in total. The molecule has 188 valence electrons. The van der Waals surface area contributed by atoms with E-state index in [2.05, 4.69) is 20.5 Å². The Morgan fingerprint density at radius 1 is 0.946 bits per heavy atom. The number of carbonyl (C=O) groups is 1. The first kappa shape index (κ1) is 24.0. The average molecular weight is 506 g/mol. The summed E-state index contributed by atoms with van der Waals surface area (Å²) in [6.07, 6.45) is 1.45. The fourth-order valence-corrected chi connectivity index (χ4v) is 4.03. The minimum Gasteiger partial charge on any atom is -0.383 e. The third-order valence-electron chi connectivity index (χ3n) is 5.86. The van der Waals surface area contributed by atoms with Crippen LogP contribution in [-0.4, -0.2) is 30.5 Å². The SMILES string of the molecule is Nc1nccc2cc(CNC(=O)c3cn(Cc4ccc(Cn5cccn5)cc4)nc3C(F)(F)F)ccc12. The number of alkyl halides is 3. The second-order valence-corrected chi connectivity index (χ2v) is 8.54. The molecule has 5 rings (SSSR count). The summed E-state index contributed by atoms with van der Waals surface area (Å²) in [6.45, 7) is 0.703. The van der Waals surface area contributed by atoms with Crippen molar-refractivity contribution in [1.82, 2.24) is 29.9 Å². The largest absolute Gasteiger partial charge is 0.435 e. The number of halogens is 3. The van der Waals surface area contributed by atoms with E-state index in [0.717, 1.165) is 32.8 Å². The van der Waals surface area contributed by atoms with Gasteiger partial charge in [-0.05, 0) is 40.3 Å². The van der Waals surface area contributed by atoms with E-state index in [1.165, 1.54) is 0 Å². The van der Waals surface area contributed by atoms with Crippen molar-refractivity contribution in [3.05, 3.63) is 107 Å². The molecule has 0 atom stereocenters. The maximum atomic E-state index is 13.7. The zero-order valence-electron chi connectivity index (χ0n) is 19.5. The minimum atomic E-state index is -4.78. The number of nitrogens with two attached hydrogens (primary N) is 1. The van der Waals surface area contributed by atoms with E-state index in [-0.39, 0.29) is 13.1 Å². The van der Waals surface area contributed by atoms with Crippen LogP contribution in [0.3, 0.4) is 0 Å². The molecule has 0 saturated heterocycles. The summed E-state index contributed by atoms with van der Waals surface area (Å²) in [5.74, 6) is -0.481. The van der Waals surface area contributed by atoms with Crippen LogP contribution in [0.5, 0.6) is 0 Å². The van der Waals surface area contributed by atoms with Crippen LogP contribution >= 0.6 is 0 Å². The van der Waals surface area contributed by atoms with Gasteiger partial charge in [0.2, 0.25) is 0 Å². The van der Waals surface area contributed by atoms with Gasteiger partial charge < -0.3 is 11.1 Å². The Labute approximate surface area is 209 Å². The maximum absolute atomic E-state index is 13.7. The summed E-state index contributed by atoms with van der Waals surface area (Å²) in [5.41, 5.74) is 6.55. The first-order valence-corrected chi connectivity index (χ1v) is 11.4. The lowest BCUT2D eigenvalue weighted by molar-refractivity contribution is -0.141. The monoisotopic (exact) mass is 505 g/mol. The lowest BCUT2D eigenvalue weighted by Gasteiger charge is -2.08. The van der Waals surface area contributed by atoms with Gasteiger partial charge in [0, 0.05) is 36.7 Å². The van der Waals surface area contributed by atoms with Gasteiger partial charge in [-0.2, -0.15) is 23.4 Å². The van der Waals surface area contributed by atoms with Gasteiger partial charge in [0.15, 0.2) is 5.69 Å². The molecule has 0 radical (unpaired) electrons. The van der Waals surface area contributed by atoms with Crippen LogP contribution in [0, 0.1) is 0 Å². The van der Waals surface area contributed by atoms with E-state index in [9.17, 15) is 18.0 Å². The van der Waals surface area contributed by atoms with Crippen LogP contribution in [0.15, 0.2) is 79.4 Å². The summed E-state index contributed by atoms with van der Waals surface area (Å²) in [6, 6.07) is 16.3. The molecular formula is C26H22F3N7O. The zero-order chi connectivity index (χ0) is 26.0. The molecule has 3 N–H and O–H groups in total. The molecule has 0 spiro atoms. The van der Waals surface area contributed by atoms with Crippen LogP contribution in [0.25, 0.3) is 10.8 Å². The van der Waals surface area contributed by atoms with Crippen LogP contribution in [0.1, 0.15) is 32.7 Å². The Balaban J connectivity index is 1.30. The Morgan fingerprint density at radius 2 is 1.65 bits per heavy atom. The first-order valence-electron chi connectivity index (χ1n) is 11.4. The standard InChI is InChI=1S/C26H22F3N7O/c27-26(28,29)23-22(25(37)32-13-19-6-7-21-20(12-19)8-10-31-24(21)30)16-36(34-23)15-18-4-2-17(3-5-18)14-35-11-1-9-33-35/h1-12,16H,13-15H2,(H2,30,31)(H,32,37). The molecule has 0 fully saturated rings. The first-order chi connectivity index (χ1) is 17.8. The number of fused-ring (bicyclic) bond motifs is 1. The van der Waals surface area contributed by atoms with Gasteiger partial charge in [0.25, 0.3) is 5.91 Å². The average Bonchev–Trinajstić information content (AvgIpc) is 3.54. The third-order valence-corrected chi connectivity index (χ3v) is 5.86. The number of anilines is 1. The number of rotatable bonds is 7. The number of carbonyl (C=O) groups excluding carboxylic acids is 1. The van der Waals surface area contributed by atoms with Gasteiger partial charge in [-0.1, -0.05) is 36.4 Å². The fourth-order valence-electron chi connectivity index (χ4n) is 4.03. The van der Waals surface area contributed by atoms with Gasteiger partial charge in [-0.15, -0.1) is 0 Å². The summed E-state index contributed by atoms with van der Waals surface area (Å²) >= 11 is 0. The smallest absolute Gasteiger partial charge is 0.383 e. The van der Waals surface area contributed by atoms with E-state index in [4.69, 9.17) is 5.73 Å². The van der Waals surface area contributed by atoms with Crippen LogP contribution in [0.4, 0.5) is 19.0 Å². The van der Waals surface area contributed by atoms with E-state index >= 15 is 0 Å². The Morgan fingerprint density at radius 3 is 2.32 bits per heavy atom. The quantitative estimate of drug-likeness (QED) is 0.344. The van der Waals surface area contributed by atoms with Crippen LogP contribution < -0.4 is 11.1 Å². The lowest BCUT2D eigenvalue weighted by Crippen LogP contribution is -2.25.